The van der Waals surface area contributed by atoms with E-state index in [-0.39, 0.29) is 17.4 Å². The molecule has 1 heterocycles. The number of carbonyl (C=O) groups excluding carboxylic acids is 2. The molecule has 0 spiro atoms. The predicted molar refractivity (Wildman–Crippen MR) is 131 cm³/mol. The Morgan fingerprint density at radius 2 is 1.71 bits per heavy atom. The van der Waals surface area contributed by atoms with Crippen LogP contribution in [0.4, 0.5) is 0 Å². The zero-order valence-corrected chi connectivity index (χ0v) is 19.9. The van der Waals surface area contributed by atoms with E-state index in [1.807, 2.05) is 0 Å². The lowest BCUT2D eigenvalue weighted by Crippen LogP contribution is -2.30. The number of hydrogen-bond acceptors (Lipinski definition) is 7. The average molecular weight is 474 g/mol. The molecule has 31 heavy (non-hydrogen) atoms. The second kappa shape index (κ2) is 18.8. The molecule has 0 unspecified atom stereocenters. The van der Waals surface area contributed by atoms with E-state index in [2.05, 4.69) is 38.9 Å². The minimum absolute atomic E-state index is 0.0747. The minimum atomic E-state index is -0.518. The predicted octanol–water partition coefficient (Wildman–Crippen LogP) is 1.25. The van der Waals surface area contributed by atoms with Crippen LogP contribution in [0.15, 0.2) is 21.9 Å². The summed E-state index contributed by atoms with van der Waals surface area (Å²) in [6.45, 7) is 4.05. The first-order valence-electron chi connectivity index (χ1n) is 10.4. The first-order chi connectivity index (χ1) is 15.0. The summed E-state index contributed by atoms with van der Waals surface area (Å²) >= 11 is 6.44. The van der Waals surface area contributed by atoms with Gasteiger partial charge < -0.3 is 20.9 Å². The molecule has 2 amide bonds. The standard InChI is InChI=1S/C20H33N5O4.H2S2/c1-2-25-15-16(19(28)24-20(25)29)10-11-18(27)23-14-8-4-3-7-13-22-17(26)9-5-6-12-21;1-2/h10-11,15H,2-9,12-14,21H2,1H3,(H,22,26)(H,23,27)(H,24,28,29);1-2H/b11-10+;. The largest absolute Gasteiger partial charge is 0.356 e. The van der Waals surface area contributed by atoms with Crippen molar-refractivity contribution in [3.63, 3.8) is 0 Å². The van der Waals surface area contributed by atoms with Crippen LogP contribution in [0.3, 0.4) is 0 Å². The number of thiol groups is 2. The maximum atomic E-state index is 11.8. The lowest BCUT2D eigenvalue weighted by Gasteiger charge is -2.05. The fourth-order valence-electron chi connectivity index (χ4n) is 2.67. The number of aromatic amines is 1. The lowest BCUT2D eigenvalue weighted by atomic mass is 10.2. The number of nitrogens with two attached hydrogens (primary N) is 1. The number of aromatic nitrogens is 2. The van der Waals surface area contributed by atoms with Gasteiger partial charge in [0, 0.05) is 38.3 Å². The van der Waals surface area contributed by atoms with Gasteiger partial charge in [0.2, 0.25) is 11.8 Å². The number of aryl methyl sites for hydroxylation is 1. The Bertz CT molecular complexity index is 793. The number of carbonyl (C=O) groups is 2. The Labute approximate surface area is 193 Å². The Morgan fingerprint density at radius 3 is 2.32 bits per heavy atom. The summed E-state index contributed by atoms with van der Waals surface area (Å²) in [4.78, 5) is 48.8. The molecule has 11 heteroatoms. The summed E-state index contributed by atoms with van der Waals surface area (Å²) in [5.74, 6) is -0.214. The SMILES string of the molecule is CCn1cc(/C=C/C(=O)NCCCCCCNC(=O)CCCCN)c(=O)[nH]c1=O.SS. The molecule has 0 saturated carbocycles. The monoisotopic (exact) mass is 473 g/mol. The highest BCUT2D eigenvalue weighted by Gasteiger charge is 2.02. The molecule has 0 atom stereocenters. The fraction of sp³-hybridized carbons (Fsp3) is 0.600. The highest BCUT2D eigenvalue weighted by molar-refractivity contribution is 8.59. The van der Waals surface area contributed by atoms with Crippen molar-refractivity contribution in [1.82, 2.24) is 20.2 Å². The Morgan fingerprint density at radius 1 is 1.06 bits per heavy atom. The van der Waals surface area contributed by atoms with Gasteiger partial charge in [0.05, 0.1) is 5.56 Å². The topological polar surface area (TPSA) is 139 Å². The van der Waals surface area contributed by atoms with Crippen molar-refractivity contribution in [2.75, 3.05) is 19.6 Å². The molecule has 0 saturated heterocycles. The second-order valence-electron chi connectivity index (χ2n) is 6.76. The molecule has 0 aromatic carbocycles. The lowest BCUT2D eigenvalue weighted by molar-refractivity contribution is -0.121. The van der Waals surface area contributed by atoms with E-state index in [4.69, 9.17) is 5.73 Å². The molecular formula is C20H35N5O4S2. The molecule has 1 rings (SSSR count). The summed E-state index contributed by atoms with van der Waals surface area (Å²) < 4.78 is 1.36. The number of hydrogen-bond donors (Lipinski definition) is 6. The van der Waals surface area contributed by atoms with Crippen LogP contribution < -0.4 is 27.6 Å². The molecule has 176 valence electrons. The third-order valence-corrected chi connectivity index (χ3v) is 4.38. The summed E-state index contributed by atoms with van der Waals surface area (Å²) in [6.07, 6.45) is 10.0. The molecular weight excluding hydrogens is 438 g/mol. The minimum Gasteiger partial charge on any atom is -0.356 e. The Balaban J connectivity index is 0.00000436. The van der Waals surface area contributed by atoms with Crippen molar-refractivity contribution in [3.05, 3.63) is 38.7 Å². The highest BCUT2D eigenvalue weighted by atomic mass is 33.1. The molecule has 0 aliphatic carbocycles. The average Bonchev–Trinajstić information content (AvgIpc) is 2.76. The molecule has 0 fully saturated rings. The summed E-state index contributed by atoms with van der Waals surface area (Å²) in [5.41, 5.74) is 4.66. The normalized spacial score (nSPS) is 10.5. The first-order valence-corrected chi connectivity index (χ1v) is 12.0. The van der Waals surface area contributed by atoms with E-state index in [1.54, 1.807) is 6.92 Å². The van der Waals surface area contributed by atoms with Crippen LogP contribution in [-0.2, 0) is 16.1 Å². The first kappa shape index (κ1) is 29.0. The third kappa shape index (κ3) is 13.8. The molecule has 5 N–H and O–H groups in total. The van der Waals surface area contributed by atoms with E-state index in [9.17, 15) is 19.2 Å². The number of nitrogens with one attached hydrogen (secondary N) is 3. The van der Waals surface area contributed by atoms with Gasteiger partial charge in [0.25, 0.3) is 5.56 Å². The van der Waals surface area contributed by atoms with Crippen molar-refractivity contribution >= 4 is 41.2 Å². The van der Waals surface area contributed by atoms with E-state index in [1.165, 1.54) is 22.9 Å². The molecule has 1 aromatic heterocycles. The number of nitrogens with zero attached hydrogens (tertiary/aromatic N) is 1. The van der Waals surface area contributed by atoms with E-state index in [0.29, 0.717) is 32.6 Å². The molecule has 1 aromatic rings. The van der Waals surface area contributed by atoms with Crippen LogP contribution in [0.1, 0.15) is 57.4 Å². The van der Waals surface area contributed by atoms with Gasteiger partial charge in [0.15, 0.2) is 0 Å². The van der Waals surface area contributed by atoms with Gasteiger partial charge in [-0.15, -0.1) is 23.3 Å². The van der Waals surface area contributed by atoms with E-state index in [0.717, 1.165) is 38.5 Å². The molecule has 0 aliphatic heterocycles. The fourth-order valence-corrected chi connectivity index (χ4v) is 2.67. The zero-order chi connectivity index (χ0) is 23.5. The highest BCUT2D eigenvalue weighted by Crippen LogP contribution is 1.99. The smallest absolute Gasteiger partial charge is 0.328 e. The van der Waals surface area contributed by atoms with E-state index >= 15 is 0 Å². The van der Waals surface area contributed by atoms with Crippen LogP contribution in [-0.4, -0.2) is 41.0 Å². The van der Waals surface area contributed by atoms with Gasteiger partial charge in [-0.2, -0.15) is 0 Å². The summed E-state index contributed by atoms with van der Waals surface area (Å²) in [6, 6.07) is 0. The third-order valence-electron chi connectivity index (χ3n) is 4.38. The van der Waals surface area contributed by atoms with Gasteiger partial charge in [0.1, 0.15) is 0 Å². The van der Waals surface area contributed by atoms with Gasteiger partial charge in [-0.1, -0.05) is 12.8 Å². The van der Waals surface area contributed by atoms with Crippen LogP contribution in [0.5, 0.6) is 0 Å². The van der Waals surface area contributed by atoms with Crippen LogP contribution in [0, 0.1) is 0 Å². The van der Waals surface area contributed by atoms with Crippen LogP contribution in [0.25, 0.3) is 6.08 Å². The van der Waals surface area contributed by atoms with E-state index < -0.39 is 11.2 Å². The molecule has 0 aliphatic rings. The van der Waals surface area contributed by atoms with Crippen molar-refractivity contribution in [3.8, 4) is 0 Å². The van der Waals surface area contributed by atoms with Crippen LogP contribution >= 0.6 is 23.3 Å². The van der Waals surface area contributed by atoms with Crippen molar-refractivity contribution in [1.29, 1.82) is 0 Å². The summed E-state index contributed by atoms with van der Waals surface area (Å²) in [7, 11) is 0. The second-order valence-corrected chi connectivity index (χ2v) is 6.76. The Kier molecular flexibility index (Phi) is 17.6. The van der Waals surface area contributed by atoms with Gasteiger partial charge in [-0.3, -0.25) is 19.4 Å². The van der Waals surface area contributed by atoms with Gasteiger partial charge >= 0.3 is 5.69 Å². The number of rotatable bonds is 14. The molecule has 0 bridgehead atoms. The zero-order valence-electron chi connectivity index (χ0n) is 18.1. The van der Waals surface area contributed by atoms with Crippen molar-refractivity contribution < 1.29 is 9.59 Å². The summed E-state index contributed by atoms with van der Waals surface area (Å²) in [5, 5.41) is 5.65. The van der Waals surface area contributed by atoms with Crippen molar-refractivity contribution in [2.24, 2.45) is 5.73 Å². The number of unbranched alkanes of at least 4 members (excludes halogenated alkanes) is 4. The van der Waals surface area contributed by atoms with Crippen molar-refractivity contribution in [2.45, 2.75) is 58.4 Å². The number of H-pyrrole nitrogens is 1. The van der Waals surface area contributed by atoms with Crippen LogP contribution in [0.2, 0.25) is 0 Å². The molecule has 9 nitrogen and oxygen atoms in total. The molecule has 0 radical (unpaired) electrons. The van der Waals surface area contributed by atoms with Gasteiger partial charge in [-0.05, 0) is 45.2 Å². The maximum Gasteiger partial charge on any atom is 0.328 e. The van der Waals surface area contributed by atoms with Gasteiger partial charge in [-0.25, -0.2) is 4.79 Å². The Hall–Kier alpha value is -1.98. The quantitative estimate of drug-likeness (QED) is 0.104. The maximum absolute atomic E-state index is 11.8. The number of amides is 2.